The van der Waals surface area contributed by atoms with Crippen LogP contribution in [-0.2, 0) is 11.3 Å². The molecule has 0 aliphatic heterocycles. The number of halogens is 2. The van der Waals surface area contributed by atoms with Gasteiger partial charge in [0, 0.05) is 12.2 Å². The van der Waals surface area contributed by atoms with Crippen LogP contribution in [0.4, 0.5) is 14.5 Å². The Bertz CT molecular complexity index is 974. The molecule has 1 N–H and O–H groups in total. The van der Waals surface area contributed by atoms with Crippen molar-refractivity contribution in [1.82, 2.24) is 14.8 Å². The summed E-state index contributed by atoms with van der Waals surface area (Å²) < 4.78 is 29.4. The van der Waals surface area contributed by atoms with Crippen molar-refractivity contribution in [3.05, 3.63) is 59.7 Å². The molecule has 0 unspecified atom stereocenters. The van der Waals surface area contributed by atoms with E-state index in [4.69, 9.17) is 0 Å². The SMILES string of the molecule is CCn1c(SCC(=O)Nc2ccc(C)c(F)c2)nnc1-c1ccccc1F. The number of aryl methyl sites for hydroxylation is 1. The molecule has 0 saturated heterocycles. The number of thioether (sulfide) groups is 1. The molecule has 2 aromatic carbocycles. The first kappa shape index (κ1) is 19.0. The van der Waals surface area contributed by atoms with Gasteiger partial charge in [-0.1, -0.05) is 30.0 Å². The third-order valence-electron chi connectivity index (χ3n) is 3.94. The molecule has 140 valence electrons. The zero-order valence-electron chi connectivity index (χ0n) is 14.9. The van der Waals surface area contributed by atoms with Crippen LogP contribution in [0.2, 0.25) is 0 Å². The quantitative estimate of drug-likeness (QED) is 0.640. The molecule has 0 atom stereocenters. The largest absolute Gasteiger partial charge is 0.325 e. The summed E-state index contributed by atoms with van der Waals surface area (Å²) in [7, 11) is 0. The van der Waals surface area contributed by atoms with E-state index in [1.165, 1.54) is 23.9 Å². The number of nitrogens with zero attached hydrogens (tertiary/aromatic N) is 3. The Hall–Kier alpha value is -2.74. The molecule has 0 aliphatic rings. The second kappa shape index (κ2) is 8.30. The van der Waals surface area contributed by atoms with Crippen LogP contribution >= 0.6 is 11.8 Å². The van der Waals surface area contributed by atoms with Crippen molar-refractivity contribution >= 4 is 23.4 Å². The van der Waals surface area contributed by atoms with E-state index in [1.807, 2.05) is 6.92 Å². The first-order valence-electron chi connectivity index (χ1n) is 8.36. The van der Waals surface area contributed by atoms with Gasteiger partial charge in [-0.25, -0.2) is 8.78 Å². The van der Waals surface area contributed by atoms with Gasteiger partial charge in [0.15, 0.2) is 11.0 Å². The Balaban J connectivity index is 1.70. The van der Waals surface area contributed by atoms with Crippen molar-refractivity contribution in [2.24, 2.45) is 0 Å². The Kier molecular flexibility index (Phi) is 5.85. The van der Waals surface area contributed by atoms with Crippen molar-refractivity contribution < 1.29 is 13.6 Å². The summed E-state index contributed by atoms with van der Waals surface area (Å²) in [6, 6.07) is 10.9. The predicted octanol–water partition coefficient (Wildman–Crippen LogP) is 4.28. The van der Waals surface area contributed by atoms with E-state index in [9.17, 15) is 13.6 Å². The van der Waals surface area contributed by atoms with E-state index in [2.05, 4.69) is 15.5 Å². The number of carbonyl (C=O) groups is 1. The summed E-state index contributed by atoms with van der Waals surface area (Å²) in [6.45, 7) is 4.08. The third-order valence-corrected chi connectivity index (χ3v) is 4.90. The van der Waals surface area contributed by atoms with Crippen LogP contribution in [0.3, 0.4) is 0 Å². The summed E-state index contributed by atoms with van der Waals surface area (Å²) in [4.78, 5) is 12.1. The zero-order chi connectivity index (χ0) is 19.4. The highest BCUT2D eigenvalue weighted by Gasteiger charge is 2.17. The maximum absolute atomic E-state index is 14.0. The van der Waals surface area contributed by atoms with Crippen molar-refractivity contribution in [3.63, 3.8) is 0 Å². The van der Waals surface area contributed by atoms with Crippen LogP contribution in [-0.4, -0.2) is 26.4 Å². The van der Waals surface area contributed by atoms with E-state index in [-0.39, 0.29) is 23.3 Å². The molecule has 1 aromatic heterocycles. The lowest BCUT2D eigenvalue weighted by molar-refractivity contribution is -0.113. The monoisotopic (exact) mass is 388 g/mol. The van der Waals surface area contributed by atoms with E-state index in [0.29, 0.717) is 34.3 Å². The van der Waals surface area contributed by atoms with Crippen molar-refractivity contribution in [2.75, 3.05) is 11.1 Å². The molecule has 0 spiro atoms. The van der Waals surface area contributed by atoms with Crippen LogP contribution in [0, 0.1) is 18.6 Å². The minimum Gasteiger partial charge on any atom is -0.325 e. The lowest BCUT2D eigenvalue weighted by Gasteiger charge is -2.08. The average molecular weight is 388 g/mol. The van der Waals surface area contributed by atoms with Crippen molar-refractivity contribution in [2.45, 2.75) is 25.5 Å². The fourth-order valence-corrected chi connectivity index (χ4v) is 3.32. The van der Waals surface area contributed by atoms with Gasteiger partial charge in [0.2, 0.25) is 5.91 Å². The number of anilines is 1. The maximum atomic E-state index is 14.0. The molecule has 0 saturated carbocycles. The van der Waals surface area contributed by atoms with Gasteiger partial charge < -0.3 is 9.88 Å². The van der Waals surface area contributed by atoms with Crippen LogP contribution < -0.4 is 5.32 Å². The summed E-state index contributed by atoms with van der Waals surface area (Å²) >= 11 is 1.19. The van der Waals surface area contributed by atoms with Crippen LogP contribution in [0.15, 0.2) is 47.6 Å². The number of aromatic nitrogens is 3. The van der Waals surface area contributed by atoms with Crippen LogP contribution in [0.1, 0.15) is 12.5 Å². The predicted molar refractivity (Wildman–Crippen MR) is 102 cm³/mol. The molecule has 8 heteroatoms. The van der Waals surface area contributed by atoms with Gasteiger partial charge in [-0.05, 0) is 43.7 Å². The summed E-state index contributed by atoms with van der Waals surface area (Å²) in [5.41, 5.74) is 1.27. The van der Waals surface area contributed by atoms with Gasteiger partial charge in [0.1, 0.15) is 11.6 Å². The van der Waals surface area contributed by atoms with Gasteiger partial charge >= 0.3 is 0 Å². The molecule has 5 nitrogen and oxygen atoms in total. The second-order valence-electron chi connectivity index (χ2n) is 5.83. The number of rotatable bonds is 6. The van der Waals surface area contributed by atoms with Crippen LogP contribution in [0.5, 0.6) is 0 Å². The number of carbonyl (C=O) groups excluding carboxylic acids is 1. The summed E-state index contributed by atoms with van der Waals surface area (Å²) in [5, 5.41) is 11.3. The van der Waals surface area contributed by atoms with E-state index < -0.39 is 0 Å². The van der Waals surface area contributed by atoms with E-state index in [0.717, 1.165) is 0 Å². The highest BCUT2D eigenvalue weighted by Crippen LogP contribution is 2.26. The van der Waals surface area contributed by atoms with Gasteiger partial charge in [-0.15, -0.1) is 10.2 Å². The molecule has 27 heavy (non-hydrogen) atoms. The Morgan fingerprint density at radius 3 is 2.63 bits per heavy atom. The van der Waals surface area contributed by atoms with E-state index >= 15 is 0 Å². The normalized spacial score (nSPS) is 10.8. The zero-order valence-corrected chi connectivity index (χ0v) is 15.7. The van der Waals surface area contributed by atoms with Crippen molar-refractivity contribution in [3.8, 4) is 11.4 Å². The Morgan fingerprint density at radius 1 is 1.15 bits per heavy atom. The molecular formula is C19H18F2N4OS. The lowest BCUT2D eigenvalue weighted by atomic mass is 10.2. The molecule has 0 bridgehead atoms. The molecule has 3 aromatic rings. The van der Waals surface area contributed by atoms with Gasteiger partial charge in [0.25, 0.3) is 0 Å². The summed E-state index contributed by atoms with van der Waals surface area (Å²) in [5.74, 6) is -0.554. The topological polar surface area (TPSA) is 59.8 Å². The van der Waals surface area contributed by atoms with Crippen molar-refractivity contribution in [1.29, 1.82) is 0 Å². The number of hydrogen-bond acceptors (Lipinski definition) is 4. The van der Waals surface area contributed by atoms with E-state index in [1.54, 1.807) is 41.8 Å². The Morgan fingerprint density at radius 2 is 1.93 bits per heavy atom. The number of benzene rings is 2. The minimum atomic E-state index is -0.379. The molecule has 0 radical (unpaired) electrons. The highest BCUT2D eigenvalue weighted by atomic mass is 32.2. The summed E-state index contributed by atoms with van der Waals surface area (Å²) in [6.07, 6.45) is 0. The minimum absolute atomic E-state index is 0.0743. The fourth-order valence-electron chi connectivity index (χ4n) is 2.52. The number of amides is 1. The average Bonchev–Trinajstić information content (AvgIpc) is 3.06. The maximum Gasteiger partial charge on any atom is 0.234 e. The smallest absolute Gasteiger partial charge is 0.234 e. The number of hydrogen-bond donors (Lipinski definition) is 1. The fraction of sp³-hybridized carbons (Fsp3) is 0.211. The molecule has 0 fully saturated rings. The molecule has 0 aliphatic carbocycles. The molecule has 1 amide bonds. The molecule has 3 rings (SSSR count). The molecular weight excluding hydrogens is 370 g/mol. The molecule has 1 heterocycles. The number of nitrogens with one attached hydrogen (secondary N) is 1. The second-order valence-corrected chi connectivity index (χ2v) is 6.77. The lowest BCUT2D eigenvalue weighted by Crippen LogP contribution is -2.15. The first-order valence-corrected chi connectivity index (χ1v) is 9.35. The first-order chi connectivity index (χ1) is 13.0. The standard InChI is InChI=1S/C19H18F2N4OS/c1-3-25-18(14-6-4-5-7-15(14)20)23-24-19(25)27-11-17(26)22-13-9-8-12(2)16(21)10-13/h4-10H,3,11H2,1-2H3,(H,22,26). The van der Waals surface area contributed by atoms with Gasteiger partial charge in [-0.3, -0.25) is 4.79 Å². The Labute approximate surface area is 159 Å². The highest BCUT2D eigenvalue weighted by molar-refractivity contribution is 7.99. The third kappa shape index (κ3) is 4.33. The van der Waals surface area contributed by atoms with Crippen LogP contribution in [0.25, 0.3) is 11.4 Å². The van der Waals surface area contributed by atoms with Gasteiger partial charge in [0.05, 0.1) is 11.3 Å². The van der Waals surface area contributed by atoms with Gasteiger partial charge in [-0.2, -0.15) is 0 Å².